The van der Waals surface area contributed by atoms with E-state index in [1.807, 2.05) is 11.4 Å². The average Bonchev–Trinajstić information content (AvgIpc) is 2.45. The summed E-state index contributed by atoms with van der Waals surface area (Å²) < 4.78 is 0.830. The van der Waals surface area contributed by atoms with Gasteiger partial charge in [0.1, 0.15) is 5.41 Å². The zero-order valence-electron chi connectivity index (χ0n) is 7.24. The Morgan fingerprint density at radius 2 is 2.29 bits per heavy atom. The van der Waals surface area contributed by atoms with Gasteiger partial charge in [-0.25, -0.2) is 0 Å². The first kappa shape index (κ1) is 10.1. The van der Waals surface area contributed by atoms with E-state index in [0.29, 0.717) is 12.8 Å². The molecule has 1 aromatic heterocycles. The van der Waals surface area contributed by atoms with Crippen molar-refractivity contribution in [1.29, 1.82) is 0 Å². The van der Waals surface area contributed by atoms with Gasteiger partial charge in [-0.05, 0) is 40.2 Å². The summed E-state index contributed by atoms with van der Waals surface area (Å²) in [7, 11) is 0. The molecule has 0 bridgehead atoms. The first-order chi connectivity index (χ1) is 6.56. The molecule has 0 aromatic carbocycles. The highest BCUT2D eigenvalue weighted by atomic mass is 79.9. The fourth-order valence-corrected chi connectivity index (χ4v) is 3.80. The minimum absolute atomic E-state index is 0.321. The molecule has 0 amide bonds. The van der Waals surface area contributed by atoms with Gasteiger partial charge in [0.05, 0.1) is 6.10 Å². The number of aliphatic carboxylic acids is 1. The second-order valence-corrected chi connectivity index (χ2v) is 5.32. The van der Waals surface area contributed by atoms with Gasteiger partial charge in [-0.2, -0.15) is 0 Å². The maximum Gasteiger partial charge on any atom is 0.315 e. The second-order valence-electron chi connectivity index (χ2n) is 3.55. The molecule has 1 aliphatic rings. The molecule has 2 rings (SSSR count). The van der Waals surface area contributed by atoms with Gasteiger partial charge in [-0.3, -0.25) is 4.79 Å². The number of hydrogen-bond acceptors (Lipinski definition) is 3. The lowest BCUT2D eigenvalue weighted by atomic mass is 9.66. The molecule has 1 aromatic rings. The Kier molecular flexibility index (Phi) is 2.41. The highest BCUT2D eigenvalue weighted by molar-refractivity contribution is 9.10. The highest BCUT2D eigenvalue weighted by Gasteiger charge is 2.53. The SMILES string of the molecule is O=C(O)C1(c2sccc2Br)CC(O)C1. The van der Waals surface area contributed by atoms with Crippen molar-refractivity contribution in [3.63, 3.8) is 0 Å². The summed E-state index contributed by atoms with van der Waals surface area (Å²) in [5, 5.41) is 20.3. The van der Waals surface area contributed by atoms with Crippen molar-refractivity contribution in [3.8, 4) is 0 Å². The van der Waals surface area contributed by atoms with Gasteiger partial charge < -0.3 is 10.2 Å². The largest absolute Gasteiger partial charge is 0.481 e. The van der Waals surface area contributed by atoms with E-state index in [0.717, 1.165) is 9.35 Å². The number of thiophene rings is 1. The maximum absolute atomic E-state index is 11.2. The first-order valence-electron chi connectivity index (χ1n) is 4.21. The van der Waals surface area contributed by atoms with E-state index >= 15 is 0 Å². The van der Waals surface area contributed by atoms with Crippen molar-refractivity contribution in [2.24, 2.45) is 0 Å². The second kappa shape index (κ2) is 3.32. The van der Waals surface area contributed by atoms with Crippen LogP contribution in [0.25, 0.3) is 0 Å². The quantitative estimate of drug-likeness (QED) is 0.869. The van der Waals surface area contributed by atoms with Crippen LogP contribution in [0.15, 0.2) is 15.9 Å². The van der Waals surface area contributed by atoms with E-state index in [2.05, 4.69) is 15.9 Å². The van der Waals surface area contributed by atoms with Gasteiger partial charge in [0, 0.05) is 9.35 Å². The van der Waals surface area contributed by atoms with Crippen LogP contribution in [0.5, 0.6) is 0 Å². The standard InChI is InChI=1S/C9H9BrO3S/c10-6-1-2-14-7(6)9(8(12)13)3-5(11)4-9/h1-2,5,11H,3-4H2,(H,12,13). The monoisotopic (exact) mass is 276 g/mol. The van der Waals surface area contributed by atoms with Gasteiger partial charge >= 0.3 is 5.97 Å². The zero-order valence-corrected chi connectivity index (χ0v) is 9.64. The fourth-order valence-electron chi connectivity index (χ4n) is 1.84. The van der Waals surface area contributed by atoms with Crippen LogP contribution in [0.1, 0.15) is 17.7 Å². The minimum atomic E-state index is -0.855. The van der Waals surface area contributed by atoms with Crippen molar-refractivity contribution in [2.45, 2.75) is 24.4 Å². The normalized spacial score (nSPS) is 31.1. The third kappa shape index (κ3) is 1.31. The molecular weight excluding hydrogens is 268 g/mol. The van der Waals surface area contributed by atoms with Crippen LogP contribution in [0.4, 0.5) is 0 Å². The number of carbonyl (C=O) groups is 1. The molecule has 1 fully saturated rings. The molecule has 1 aliphatic carbocycles. The zero-order chi connectivity index (χ0) is 10.3. The number of rotatable bonds is 2. The molecule has 76 valence electrons. The molecule has 0 atom stereocenters. The highest BCUT2D eigenvalue weighted by Crippen LogP contribution is 2.48. The molecule has 0 radical (unpaired) electrons. The average molecular weight is 277 g/mol. The summed E-state index contributed by atoms with van der Waals surface area (Å²) in [6.45, 7) is 0. The molecule has 0 spiro atoms. The summed E-state index contributed by atoms with van der Waals surface area (Å²) in [4.78, 5) is 12.0. The molecule has 0 unspecified atom stereocenters. The molecule has 0 saturated heterocycles. The van der Waals surface area contributed by atoms with E-state index < -0.39 is 17.5 Å². The predicted octanol–water partition coefficient (Wildman–Crippen LogP) is 1.99. The van der Waals surface area contributed by atoms with Crippen LogP contribution < -0.4 is 0 Å². The molecule has 1 saturated carbocycles. The number of carboxylic acids is 1. The molecule has 5 heteroatoms. The van der Waals surface area contributed by atoms with E-state index in [-0.39, 0.29) is 0 Å². The summed E-state index contributed by atoms with van der Waals surface area (Å²) in [5.41, 5.74) is -0.855. The Bertz CT molecular complexity index is 368. The van der Waals surface area contributed by atoms with E-state index in [1.54, 1.807) is 0 Å². The number of carboxylic acid groups (broad SMARTS) is 1. The van der Waals surface area contributed by atoms with Gasteiger partial charge in [0.15, 0.2) is 0 Å². The van der Waals surface area contributed by atoms with Crippen LogP contribution >= 0.6 is 27.3 Å². The summed E-state index contributed by atoms with van der Waals surface area (Å²) in [6, 6.07) is 1.84. The smallest absolute Gasteiger partial charge is 0.315 e. The Balaban J connectivity index is 2.39. The van der Waals surface area contributed by atoms with Crippen LogP contribution in [0.2, 0.25) is 0 Å². The van der Waals surface area contributed by atoms with Gasteiger partial charge in [0.25, 0.3) is 0 Å². The fraction of sp³-hybridized carbons (Fsp3) is 0.444. The molecule has 3 nitrogen and oxygen atoms in total. The van der Waals surface area contributed by atoms with Crippen LogP contribution in [-0.4, -0.2) is 22.3 Å². The van der Waals surface area contributed by atoms with Crippen molar-refractivity contribution in [3.05, 3.63) is 20.8 Å². The van der Waals surface area contributed by atoms with Gasteiger partial charge in [-0.1, -0.05) is 0 Å². The maximum atomic E-state index is 11.2. The molecule has 1 heterocycles. The van der Waals surface area contributed by atoms with Crippen molar-refractivity contribution < 1.29 is 15.0 Å². The molecular formula is C9H9BrO3S. The predicted molar refractivity (Wildman–Crippen MR) is 56.6 cm³/mol. The lowest BCUT2D eigenvalue weighted by Gasteiger charge is -2.41. The van der Waals surface area contributed by atoms with E-state index in [4.69, 9.17) is 0 Å². The molecule has 14 heavy (non-hydrogen) atoms. The van der Waals surface area contributed by atoms with Crippen LogP contribution in [0, 0.1) is 0 Å². The topological polar surface area (TPSA) is 57.5 Å². The number of aliphatic hydroxyl groups excluding tert-OH is 1. The third-order valence-corrected chi connectivity index (χ3v) is 4.67. The Morgan fingerprint density at radius 1 is 1.64 bits per heavy atom. The Morgan fingerprint density at radius 3 is 2.64 bits per heavy atom. The molecule has 2 N–H and O–H groups in total. The Labute approximate surface area is 93.5 Å². The van der Waals surface area contributed by atoms with E-state index in [9.17, 15) is 15.0 Å². The summed E-state index contributed by atoms with van der Waals surface area (Å²) in [5.74, 6) is -0.842. The first-order valence-corrected chi connectivity index (χ1v) is 5.88. The van der Waals surface area contributed by atoms with E-state index in [1.165, 1.54) is 11.3 Å². The van der Waals surface area contributed by atoms with Crippen molar-refractivity contribution in [1.82, 2.24) is 0 Å². The summed E-state index contributed by atoms with van der Waals surface area (Å²) >= 11 is 4.75. The van der Waals surface area contributed by atoms with Gasteiger partial charge in [-0.15, -0.1) is 11.3 Å². The summed E-state index contributed by atoms with van der Waals surface area (Å²) in [6.07, 6.45) is 0.170. The number of hydrogen-bond donors (Lipinski definition) is 2. The van der Waals surface area contributed by atoms with Crippen molar-refractivity contribution in [2.75, 3.05) is 0 Å². The molecule has 0 aliphatic heterocycles. The van der Waals surface area contributed by atoms with Crippen LogP contribution in [-0.2, 0) is 10.2 Å². The lowest BCUT2D eigenvalue weighted by molar-refractivity contribution is -0.152. The van der Waals surface area contributed by atoms with Crippen molar-refractivity contribution >= 4 is 33.2 Å². The van der Waals surface area contributed by atoms with Gasteiger partial charge in [0.2, 0.25) is 0 Å². The number of halogens is 1. The number of aliphatic hydroxyl groups is 1. The Hall–Kier alpha value is -0.390. The lowest BCUT2D eigenvalue weighted by Crippen LogP contribution is -2.50. The third-order valence-electron chi connectivity index (χ3n) is 2.63. The van der Waals surface area contributed by atoms with Crippen LogP contribution in [0.3, 0.4) is 0 Å². The minimum Gasteiger partial charge on any atom is -0.481 e.